The third-order valence-corrected chi connectivity index (χ3v) is 5.03. The Labute approximate surface area is 150 Å². The normalized spacial score (nSPS) is 11.2. The van der Waals surface area contributed by atoms with Crippen molar-refractivity contribution in [2.75, 3.05) is 0 Å². The van der Waals surface area contributed by atoms with Crippen LogP contribution in [0.4, 0.5) is 4.39 Å². The number of nitrogens with one attached hydrogen (secondary N) is 1. The van der Waals surface area contributed by atoms with Crippen molar-refractivity contribution < 1.29 is 17.6 Å². The topological polar surface area (TPSA) is 76.1 Å². The molecule has 5 nitrogen and oxygen atoms in total. The van der Waals surface area contributed by atoms with Crippen LogP contribution in [-0.2, 0) is 10.0 Å². The minimum Gasteiger partial charge on any atom is -0.266 e. The van der Waals surface area contributed by atoms with E-state index in [1.165, 1.54) is 42.5 Å². The highest BCUT2D eigenvalue weighted by atomic mass is 32.2. The van der Waals surface area contributed by atoms with E-state index in [-0.39, 0.29) is 16.4 Å². The van der Waals surface area contributed by atoms with Crippen molar-refractivity contribution >= 4 is 15.9 Å². The zero-order valence-electron chi connectivity index (χ0n) is 13.8. The molecule has 1 N–H and O–H groups in total. The number of sulfonamides is 1. The van der Waals surface area contributed by atoms with Crippen molar-refractivity contribution in [2.24, 2.45) is 0 Å². The smallest absolute Gasteiger partial charge is 0.266 e. The number of aromatic nitrogens is 1. The zero-order valence-corrected chi connectivity index (χ0v) is 14.6. The molecule has 0 saturated carbocycles. The minimum absolute atomic E-state index is 0.00820. The SMILES string of the molecule is Cc1ccc(S(=O)(=O)NC(=O)c2cccc(-c3ccc(F)cc3)n2)cc1. The van der Waals surface area contributed by atoms with E-state index >= 15 is 0 Å². The monoisotopic (exact) mass is 370 g/mol. The molecule has 0 saturated heterocycles. The Morgan fingerprint density at radius 1 is 0.962 bits per heavy atom. The first-order chi connectivity index (χ1) is 12.3. The van der Waals surface area contributed by atoms with E-state index < -0.39 is 15.9 Å². The lowest BCUT2D eigenvalue weighted by atomic mass is 10.1. The Kier molecular flexibility index (Phi) is 4.81. The minimum atomic E-state index is -4.00. The van der Waals surface area contributed by atoms with E-state index in [0.29, 0.717) is 11.3 Å². The molecular weight excluding hydrogens is 355 g/mol. The molecular formula is C19H15FN2O3S. The summed E-state index contributed by atoms with van der Waals surface area (Å²) in [4.78, 5) is 16.5. The number of pyridine rings is 1. The molecule has 0 radical (unpaired) electrons. The first kappa shape index (κ1) is 17.8. The molecule has 0 aliphatic heterocycles. The molecule has 1 heterocycles. The van der Waals surface area contributed by atoms with Gasteiger partial charge in [0.1, 0.15) is 11.5 Å². The van der Waals surface area contributed by atoms with Gasteiger partial charge >= 0.3 is 0 Å². The lowest BCUT2D eigenvalue weighted by molar-refractivity contribution is 0.0976. The summed E-state index contributed by atoms with van der Waals surface area (Å²) in [6.45, 7) is 1.83. The van der Waals surface area contributed by atoms with Gasteiger partial charge in [0.25, 0.3) is 15.9 Å². The average molecular weight is 370 g/mol. The van der Waals surface area contributed by atoms with Crippen LogP contribution in [-0.4, -0.2) is 19.3 Å². The molecule has 26 heavy (non-hydrogen) atoms. The van der Waals surface area contributed by atoms with E-state index in [0.717, 1.165) is 5.56 Å². The van der Waals surface area contributed by atoms with Crippen molar-refractivity contribution in [1.82, 2.24) is 9.71 Å². The molecule has 132 valence electrons. The van der Waals surface area contributed by atoms with Crippen molar-refractivity contribution in [1.29, 1.82) is 0 Å². The highest BCUT2D eigenvalue weighted by Crippen LogP contribution is 2.18. The number of aryl methyl sites for hydroxylation is 1. The van der Waals surface area contributed by atoms with Crippen LogP contribution in [0.5, 0.6) is 0 Å². The molecule has 0 spiro atoms. The first-order valence-corrected chi connectivity index (χ1v) is 9.20. The Morgan fingerprint density at radius 3 is 2.27 bits per heavy atom. The molecule has 1 amide bonds. The Hall–Kier alpha value is -3.06. The Balaban J connectivity index is 1.85. The highest BCUT2D eigenvalue weighted by molar-refractivity contribution is 7.90. The number of halogens is 1. The maximum Gasteiger partial charge on any atom is 0.283 e. The third-order valence-electron chi connectivity index (χ3n) is 3.68. The molecule has 7 heteroatoms. The molecule has 0 unspecified atom stereocenters. The number of rotatable bonds is 4. The summed E-state index contributed by atoms with van der Waals surface area (Å²) >= 11 is 0. The quantitative estimate of drug-likeness (QED) is 0.764. The molecule has 0 aliphatic carbocycles. The predicted molar refractivity (Wildman–Crippen MR) is 95.5 cm³/mol. The molecule has 3 aromatic rings. The number of nitrogens with zero attached hydrogens (tertiary/aromatic N) is 1. The van der Waals surface area contributed by atoms with Gasteiger partial charge in [0.15, 0.2) is 0 Å². The van der Waals surface area contributed by atoms with Crippen LogP contribution in [0.25, 0.3) is 11.3 Å². The summed E-state index contributed by atoms with van der Waals surface area (Å²) in [5.41, 5.74) is 1.90. The van der Waals surface area contributed by atoms with Crippen LogP contribution in [0.3, 0.4) is 0 Å². The summed E-state index contributed by atoms with van der Waals surface area (Å²) in [6.07, 6.45) is 0. The predicted octanol–water partition coefficient (Wildman–Crippen LogP) is 3.31. The number of amides is 1. The van der Waals surface area contributed by atoms with E-state index in [4.69, 9.17) is 0 Å². The van der Waals surface area contributed by atoms with Gasteiger partial charge in [0.2, 0.25) is 0 Å². The van der Waals surface area contributed by atoms with Crippen LogP contribution in [0.1, 0.15) is 16.1 Å². The van der Waals surface area contributed by atoms with Gasteiger partial charge in [-0.25, -0.2) is 22.5 Å². The van der Waals surface area contributed by atoms with Crippen molar-refractivity contribution in [2.45, 2.75) is 11.8 Å². The average Bonchev–Trinajstić information content (AvgIpc) is 2.62. The Bertz CT molecular complexity index is 1050. The van der Waals surface area contributed by atoms with Crippen LogP contribution < -0.4 is 4.72 Å². The largest absolute Gasteiger partial charge is 0.283 e. The van der Waals surface area contributed by atoms with Gasteiger partial charge in [-0.3, -0.25) is 4.79 Å². The van der Waals surface area contributed by atoms with Gasteiger partial charge in [-0.1, -0.05) is 23.8 Å². The maximum atomic E-state index is 13.0. The number of carbonyl (C=O) groups excluding carboxylic acids is 1. The maximum absolute atomic E-state index is 13.0. The summed E-state index contributed by atoms with van der Waals surface area (Å²) in [6, 6.07) is 16.4. The van der Waals surface area contributed by atoms with Crippen LogP contribution in [0, 0.1) is 12.7 Å². The zero-order chi connectivity index (χ0) is 18.7. The lowest BCUT2D eigenvalue weighted by Gasteiger charge is -2.08. The van der Waals surface area contributed by atoms with E-state index in [1.807, 2.05) is 11.6 Å². The molecule has 0 fully saturated rings. The van der Waals surface area contributed by atoms with Crippen LogP contribution >= 0.6 is 0 Å². The van der Waals surface area contributed by atoms with Gasteiger partial charge < -0.3 is 0 Å². The summed E-state index contributed by atoms with van der Waals surface area (Å²) in [7, 11) is -4.00. The lowest BCUT2D eigenvalue weighted by Crippen LogP contribution is -2.31. The van der Waals surface area contributed by atoms with Crippen LogP contribution in [0.2, 0.25) is 0 Å². The van der Waals surface area contributed by atoms with Gasteiger partial charge in [-0.2, -0.15) is 0 Å². The third kappa shape index (κ3) is 3.94. The van der Waals surface area contributed by atoms with Gasteiger partial charge in [-0.05, 0) is 55.5 Å². The van der Waals surface area contributed by atoms with Crippen molar-refractivity contribution in [3.63, 3.8) is 0 Å². The summed E-state index contributed by atoms with van der Waals surface area (Å²) in [5, 5.41) is 0. The standard InChI is InChI=1S/C19H15FN2O3S/c1-13-5-11-16(12-6-13)26(24,25)22-19(23)18-4-2-3-17(21-18)14-7-9-15(20)10-8-14/h2-12H,1H3,(H,22,23). The van der Waals surface area contributed by atoms with Gasteiger partial charge in [-0.15, -0.1) is 0 Å². The second kappa shape index (κ2) is 7.05. The molecule has 0 atom stereocenters. The molecule has 2 aromatic carbocycles. The second-order valence-electron chi connectivity index (χ2n) is 5.66. The first-order valence-electron chi connectivity index (χ1n) is 7.72. The van der Waals surface area contributed by atoms with E-state index in [2.05, 4.69) is 4.98 Å². The fraction of sp³-hybridized carbons (Fsp3) is 0.0526. The van der Waals surface area contributed by atoms with Crippen molar-refractivity contribution in [3.8, 4) is 11.3 Å². The van der Waals surface area contributed by atoms with Gasteiger partial charge in [0, 0.05) is 5.56 Å². The number of hydrogen-bond acceptors (Lipinski definition) is 4. The molecule has 1 aromatic heterocycles. The number of benzene rings is 2. The van der Waals surface area contributed by atoms with E-state index in [1.54, 1.807) is 24.3 Å². The molecule has 3 rings (SSSR count). The Morgan fingerprint density at radius 2 is 1.62 bits per heavy atom. The molecule has 0 bridgehead atoms. The van der Waals surface area contributed by atoms with Crippen LogP contribution in [0.15, 0.2) is 71.6 Å². The summed E-state index contributed by atoms with van der Waals surface area (Å²) < 4.78 is 39.7. The summed E-state index contributed by atoms with van der Waals surface area (Å²) in [5.74, 6) is -1.22. The number of hydrogen-bond donors (Lipinski definition) is 1. The van der Waals surface area contributed by atoms with Gasteiger partial charge in [0.05, 0.1) is 10.6 Å². The fourth-order valence-electron chi connectivity index (χ4n) is 2.29. The second-order valence-corrected chi connectivity index (χ2v) is 7.35. The van der Waals surface area contributed by atoms with E-state index in [9.17, 15) is 17.6 Å². The van der Waals surface area contributed by atoms with Crippen molar-refractivity contribution in [3.05, 3.63) is 83.8 Å². The highest BCUT2D eigenvalue weighted by Gasteiger charge is 2.19. The fourth-order valence-corrected chi connectivity index (χ4v) is 3.25. The number of carbonyl (C=O) groups is 1. The molecule has 0 aliphatic rings.